The monoisotopic (exact) mass is 270 g/mol. The molecule has 0 fully saturated rings. The summed E-state index contributed by atoms with van der Waals surface area (Å²) in [5.74, 6) is 0.935. The fourth-order valence-corrected chi connectivity index (χ4v) is 2.25. The van der Waals surface area contributed by atoms with Gasteiger partial charge in [0, 0.05) is 18.0 Å². The molecule has 0 amide bonds. The summed E-state index contributed by atoms with van der Waals surface area (Å²) in [7, 11) is 0. The molecule has 1 unspecified atom stereocenters. The summed E-state index contributed by atoms with van der Waals surface area (Å²) in [5.41, 5.74) is 2.36. The highest BCUT2D eigenvalue weighted by Crippen LogP contribution is 2.30. The Morgan fingerprint density at radius 2 is 1.80 bits per heavy atom. The van der Waals surface area contributed by atoms with Crippen molar-refractivity contribution in [2.45, 2.75) is 32.9 Å². The molecule has 20 heavy (non-hydrogen) atoms. The predicted molar refractivity (Wildman–Crippen MR) is 82.0 cm³/mol. The second-order valence-corrected chi connectivity index (χ2v) is 4.98. The van der Waals surface area contributed by atoms with Gasteiger partial charge in [-0.1, -0.05) is 25.1 Å². The molecule has 1 aromatic carbocycles. The van der Waals surface area contributed by atoms with Crippen LogP contribution in [0.3, 0.4) is 0 Å². The minimum atomic E-state index is 0.123. The molecule has 2 aromatic rings. The average Bonchev–Trinajstić information content (AvgIpc) is 2.46. The Bertz CT molecular complexity index is 526. The minimum Gasteiger partial charge on any atom is -0.491 e. The van der Waals surface area contributed by atoms with E-state index in [1.165, 1.54) is 5.56 Å². The lowest BCUT2D eigenvalue weighted by Crippen LogP contribution is -2.23. The number of rotatable bonds is 6. The fraction of sp³-hybridized carbons (Fsp3) is 0.353. The zero-order chi connectivity index (χ0) is 14.4. The van der Waals surface area contributed by atoms with E-state index in [1.54, 1.807) is 0 Å². The molecule has 0 spiro atoms. The lowest BCUT2D eigenvalue weighted by atomic mass is 9.98. The number of aromatic nitrogens is 1. The Balaban J connectivity index is 2.39. The third-order valence-corrected chi connectivity index (χ3v) is 3.04. The molecule has 0 aliphatic carbocycles. The average molecular weight is 270 g/mol. The Labute approximate surface area is 121 Å². The van der Waals surface area contributed by atoms with Gasteiger partial charge < -0.3 is 10.1 Å². The lowest BCUT2D eigenvalue weighted by Gasteiger charge is -2.22. The number of para-hydroxylation sites is 1. The van der Waals surface area contributed by atoms with E-state index in [2.05, 4.69) is 23.3 Å². The molecule has 0 saturated carbocycles. The summed E-state index contributed by atoms with van der Waals surface area (Å²) >= 11 is 0. The van der Waals surface area contributed by atoms with Crippen molar-refractivity contribution in [1.82, 2.24) is 10.3 Å². The van der Waals surface area contributed by atoms with Crippen LogP contribution in [-0.4, -0.2) is 17.6 Å². The number of hydrogen-bond donors (Lipinski definition) is 1. The van der Waals surface area contributed by atoms with E-state index in [0.717, 1.165) is 17.9 Å². The highest BCUT2D eigenvalue weighted by molar-refractivity contribution is 5.41. The zero-order valence-electron chi connectivity index (χ0n) is 12.3. The van der Waals surface area contributed by atoms with E-state index < -0.39 is 0 Å². The van der Waals surface area contributed by atoms with Crippen molar-refractivity contribution in [3.8, 4) is 5.75 Å². The number of nitrogens with zero attached hydrogens (tertiary/aromatic N) is 1. The van der Waals surface area contributed by atoms with Crippen molar-refractivity contribution in [2.75, 3.05) is 6.54 Å². The fourth-order valence-electron chi connectivity index (χ4n) is 2.25. The molecule has 1 heterocycles. The molecule has 0 bridgehead atoms. The lowest BCUT2D eigenvalue weighted by molar-refractivity contribution is 0.238. The Morgan fingerprint density at radius 1 is 1.10 bits per heavy atom. The van der Waals surface area contributed by atoms with Crippen LogP contribution >= 0.6 is 0 Å². The predicted octanol–water partition coefficient (Wildman–Crippen LogP) is 3.57. The molecular formula is C17H22N2O. The van der Waals surface area contributed by atoms with Gasteiger partial charge in [-0.3, -0.25) is 4.98 Å². The van der Waals surface area contributed by atoms with Crippen LogP contribution in [-0.2, 0) is 0 Å². The van der Waals surface area contributed by atoms with Crippen LogP contribution in [0.5, 0.6) is 5.75 Å². The van der Waals surface area contributed by atoms with Gasteiger partial charge in [0.15, 0.2) is 0 Å². The van der Waals surface area contributed by atoms with Crippen LogP contribution < -0.4 is 10.1 Å². The SMILES string of the molecule is CCNC(c1ccncc1)c1ccccc1OC(C)C. The zero-order valence-corrected chi connectivity index (χ0v) is 12.3. The Hall–Kier alpha value is -1.87. The molecule has 0 radical (unpaired) electrons. The first kappa shape index (κ1) is 14.5. The summed E-state index contributed by atoms with van der Waals surface area (Å²) in [6.07, 6.45) is 3.81. The second-order valence-electron chi connectivity index (χ2n) is 4.98. The molecule has 0 aliphatic rings. The summed E-state index contributed by atoms with van der Waals surface area (Å²) in [6.45, 7) is 7.10. The molecule has 3 heteroatoms. The van der Waals surface area contributed by atoms with Gasteiger partial charge in [-0.15, -0.1) is 0 Å². The van der Waals surface area contributed by atoms with Crippen molar-refractivity contribution in [3.63, 3.8) is 0 Å². The van der Waals surface area contributed by atoms with Crippen LogP contribution in [0, 0.1) is 0 Å². The summed E-state index contributed by atoms with van der Waals surface area (Å²) < 4.78 is 5.94. The van der Waals surface area contributed by atoms with Crippen molar-refractivity contribution in [1.29, 1.82) is 0 Å². The summed E-state index contributed by atoms with van der Waals surface area (Å²) in [6, 6.07) is 12.4. The van der Waals surface area contributed by atoms with Crippen molar-refractivity contribution in [2.24, 2.45) is 0 Å². The van der Waals surface area contributed by atoms with Crippen LogP contribution in [0.25, 0.3) is 0 Å². The molecule has 3 nitrogen and oxygen atoms in total. The molecule has 106 valence electrons. The topological polar surface area (TPSA) is 34.2 Å². The van der Waals surface area contributed by atoms with Gasteiger partial charge >= 0.3 is 0 Å². The first-order valence-corrected chi connectivity index (χ1v) is 7.11. The van der Waals surface area contributed by atoms with E-state index in [-0.39, 0.29) is 12.1 Å². The smallest absolute Gasteiger partial charge is 0.124 e. The molecule has 1 N–H and O–H groups in total. The van der Waals surface area contributed by atoms with Gasteiger partial charge in [-0.2, -0.15) is 0 Å². The van der Waals surface area contributed by atoms with Crippen LogP contribution in [0.4, 0.5) is 0 Å². The highest BCUT2D eigenvalue weighted by atomic mass is 16.5. The van der Waals surface area contributed by atoms with E-state index in [4.69, 9.17) is 4.74 Å². The largest absolute Gasteiger partial charge is 0.491 e. The third kappa shape index (κ3) is 3.58. The van der Waals surface area contributed by atoms with Gasteiger partial charge in [0.25, 0.3) is 0 Å². The Morgan fingerprint density at radius 3 is 2.45 bits per heavy atom. The maximum absolute atomic E-state index is 5.94. The molecule has 0 saturated heterocycles. The number of pyridine rings is 1. The van der Waals surface area contributed by atoms with Crippen molar-refractivity contribution >= 4 is 0 Å². The van der Waals surface area contributed by atoms with Crippen LogP contribution in [0.2, 0.25) is 0 Å². The molecule has 1 atom stereocenters. The van der Waals surface area contributed by atoms with Crippen molar-refractivity contribution < 1.29 is 4.74 Å². The van der Waals surface area contributed by atoms with Crippen LogP contribution in [0.1, 0.15) is 37.9 Å². The minimum absolute atomic E-state index is 0.123. The molecule has 0 aliphatic heterocycles. The normalized spacial score (nSPS) is 12.4. The maximum atomic E-state index is 5.94. The van der Waals surface area contributed by atoms with Crippen molar-refractivity contribution in [3.05, 3.63) is 59.9 Å². The molecular weight excluding hydrogens is 248 g/mol. The van der Waals surface area contributed by atoms with Crippen LogP contribution in [0.15, 0.2) is 48.8 Å². The maximum Gasteiger partial charge on any atom is 0.124 e. The second kappa shape index (κ2) is 7.06. The first-order chi connectivity index (χ1) is 9.72. The number of nitrogens with one attached hydrogen (secondary N) is 1. The van der Waals surface area contributed by atoms with Gasteiger partial charge in [0.2, 0.25) is 0 Å². The van der Waals surface area contributed by atoms with Gasteiger partial charge in [0.1, 0.15) is 5.75 Å². The van der Waals surface area contributed by atoms with E-state index >= 15 is 0 Å². The molecule has 1 aromatic heterocycles. The first-order valence-electron chi connectivity index (χ1n) is 7.11. The van der Waals surface area contributed by atoms with Gasteiger partial charge in [-0.25, -0.2) is 0 Å². The van der Waals surface area contributed by atoms with E-state index in [1.807, 2.05) is 56.6 Å². The van der Waals surface area contributed by atoms with E-state index in [0.29, 0.717) is 0 Å². The number of ether oxygens (including phenoxy) is 1. The van der Waals surface area contributed by atoms with Gasteiger partial charge in [-0.05, 0) is 44.2 Å². The summed E-state index contributed by atoms with van der Waals surface area (Å²) in [4.78, 5) is 4.09. The number of hydrogen-bond acceptors (Lipinski definition) is 3. The Kier molecular flexibility index (Phi) is 5.13. The summed E-state index contributed by atoms with van der Waals surface area (Å²) in [5, 5.41) is 3.52. The number of benzene rings is 1. The third-order valence-electron chi connectivity index (χ3n) is 3.04. The van der Waals surface area contributed by atoms with E-state index in [9.17, 15) is 0 Å². The van der Waals surface area contributed by atoms with Gasteiger partial charge in [0.05, 0.1) is 12.1 Å². The molecule has 2 rings (SSSR count). The quantitative estimate of drug-likeness (QED) is 0.871. The standard InChI is InChI=1S/C17H22N2O/c1-4-19-17(14-9-11-18-12-10-14)15-7-5-6-8-16(15)20-13(2)3/h5-13,17,19H,4H2,1-3H3. The highest BCUT2D eigenvalue weighted by Gasteiger charge is 2.17.